The van der Waals surface area contributed by atoms with Crippen LogP contribution < -0.4 is 5.32 Å². The fourth-order valence-corrected chi connectivity index (χ4v) is 2.60. The van der Waals surface area contributed by atoms with Gasteiger partial charge in [0.15, 0.2) is 5.78 Å². The van der Waals surface area contributed by atoms with E-state index in [4.69, 9.17) is 0 Å². The van der Waals surface area contributed by atoms with Crippen molar-refractivity contribution in [3.8, 4) is 0 Å². The van der Waals surface area contributed by atoms with Crippen LogP contribution in [0.1, 0.15) is 35.2 Å². The summed E-state index contributed by atoms with van der Waals surface area (Å²) in [5.41, 5.74) is 2.52. The molecule has 2 aromatic carbocycles. The number of hydrogen-bond donors (Lipinski definition) is 1. The quantitative estimate of drug-likeness (QED) is 0.869. The van der Waals surface area contributed by atoms with E-state index in [2.05, 4.69) is 17.4 Å². The molecule has 3 rings (SSSR count). The molecule has 0 aromatic heterocycles. The van der Waals surface area contributed by atoms with Crippen LogP contribution >= 0.6 is 0 Å². The Balaban J connectivity index is 1.66. The Labute approximate surface area is 124 Å². The van der Waals surface area contributed by atoms with Crippen LogP contribution in [0.5, 0.6) is 0 Å². The number of benzene rings is 2. The largest absolute Gasteiger partial charge is 0.326 e. The van der Waals surface area contributed by atoms with Gasteiger partial charge in [0, 0.05) is 17.2 Å². The molecule has 1 amide bonds. The summed E-state index contributed by atoms with van der Waals surface area (Å²) in [6.07, 6.45) is 0.891. The Morgan fingerprint density at radius 2 is 1.81 bits per heavy atom. The van der Waals surface area contributed by atoms with Gasteiger partial charge in [-0.15, -0.1) is 0 Å². The second-order valence-electron chi connectivity index (χ2n) is 5.49. The van der Waals surface area contributed by atoms with Gasteiger partial charge in [0.05, 0.1) is 0 Å². The third-order valence-electron chi connectivity index (χ3n) is 3.89. The van der Waals surface area contributed by atoms with Crippen LogP contribution in [0.25, 0.3) is 0 Å². The number of amides is 1. The van der Waals surface area contributed by atoms with E-state index in [9.17, 15) is 9.59 Å². The van der Waals surface area contributed by atoms with Gasteiger partial charge in [0.25, 0.3) is 0 Å². The van der Waals surface area contributed by atoms with Crippen LogP contribution in [0, 0.1) is 5.92 Å². The lowest BCUT2D eigenvalue weighted by Gasteiger charge is -2.06. The normalized spacial score (nSPS) is 19.9. The lowest BCUT2D eigenvalue weighted by atomic mass is 10.1. The summed E-state index contributed by atoms with van der Waals surface area (Å²) in [5.74, 6) is 0.389. The van der Waals surface area contributed by atoms with Gasteiger partial charge in [-0.25, -0.2) is 0 Å². The summed E-state index contributed by atoms with van der Waals surface area (Å²) >= 11 is 0. The van der Waals surface area contributed by atoms with Crippen molar-refractivity contribution in [2.45, 2.75) is 19.3 Å². The Morgan fingerprint density at radius 3 is 2.52 bits per heavy atom. The SMILES string of the molecule is CC(=O)c1cccc(NC(=O)[C@@H]2C[C@H]2c2ccccc2)c1. The van der Waals surface area contributed by atoms with E-state index in [1.165, 1.54) is 12.5 Å². The number of carbonyl (C=O) groups is 2. The van der Waals surface area contributed by atoms with Crippen molar-refractivity contribution in [2.75, 3.05) is 5.32 Å². The Morgan fingerprint density at radius 1 is 1.05 bits per heavy atom. The summed E-state index contributed by atoms with van der Waals surface area (Å²) in [5, 5.41) is 2.91. The highest BCUT2D eigenvalue weighted by Gasteiger charge is 2.43. The topological polar surface area (TPSA) is 46.2 Å². The molecule has 0 radical (unpaired) electrons. The highest BCUT2D eigenvalue weighted by atomic mass is 16.2. The van der Waals surface area contributed by atoms with Gasteiger partial charge >= 0.3 is 0 Å². The maximum Gasteiger partial charge on any atom is 0.228 e. The predicted molar refractivity (Wildman–Crippen MR) is 82.4 cm³/mol. The first kappa shape index (κ1) is 13.6. The van der Waals surface area contributed by atoms with Crippen molar-refractivity contribution in [3.05, 3.63) is 65.7 Å². The van der Waals surface area contributed by atoms with E-state index in [1.54, 1.807) is 18.2 Å². The second-order valence-corrected chi connectivity index (χ2v) is 5.49. The van der Waals surface area contributed by atoms with E-state index in [0.29, 0.717) is 17.2 Å². The fourth-order valence-electron chi connectivity index (χ4n) is 2.60. The number of anilines is 1. The zero-order chi connectivity index (χ0) is 14.8. The van der Waals surface area contributed by atoms with Gasteiger partial charge in [0.1, 0.15) is 0 Å². The molecular formula is C18H17NO2. The number of rotatable bonds is 4. The van der Waals surface area contributed by atoms with E-state index in [1.807, 2.05) is 24.3 Å². The lowest BCUT2D eigenvalue weighted by molar-refractivity contribution is -0.117. The van der Waals surface area contributed by atoms with Crippen molar-refractivity contribution >= 4 is 17.4 Å². The maximum atomic E-state index is 12.2. The molecule has 1 N–H and O–H groups in total. The first-order chi connectivity index (χ1) is 10.1. The standard InChI is InChI=1S/C18H17NO2/c1-12(20)14-8-5-9-15(10-14)19-18(21)17-11-16(17)13-6-3-2-4-7-13/h2-10,16-17H,11H2,1H3,(H,19,21)/t16-,17+/m0/s1. The van der Waals surface area contributed by atoms with Crippen LogP contribution in [0.3, 0.4) is 0 Å². The minimum atomic E-state index is -0.000294. The summed E-state index contributed by atoms with van der Waals surface area (Å²) in [6.45, 7) is 1.52. The van der Waals surface area contributed by atoms with Crippen molar-refractivity contribution in [1.29, 1.82) is 0 Å². The third-order valence-corrected chi connectivity index (χ3v) is 3.89. The minimum absolute atomic E-state index is 0.000294. The summed E-state index contributed by atoms with van der Waals surface area (Å²) in [4.78, 5) is 23.6. The fraction of sp³-hybridized carbons (Fsp3) is 0.222. The maximum absolute atomic E-state index is 12.2. The van der Waals surface area contributed by atoms with Gasteiger partial charge in [-0.3, -0.25) is 9.59 Å². The monoisotopic (exact) mass is 279 g/mol. The molecule has 1 fully saturated rings. The second kappa shape index (κ2) is 5.52. The van der Waals surface area contributed by atoms with Crippen molar-refractivity contribution in [1.82, 2.24) is 0 Å². The molecule has 1 aliphatic rings. The molecule has 0 saturated heterocycles. The summed E-state index contributed by atoms with van der Waals surface area (Å²) in [6, 6.07) is 17.2. The average molecular weight is 279 g/mol. The van der Waals surface area contributed by atoms with Crippen LogP contribution in [0.2, 0.25) is 0 Å². The lowest BCUT2D eigenvalue weighted by Crippen LogP contribution is -2.14. The molecule has 1 saturated carbocycles. The van der Waals surface area contributed by atoms with Crippen molar-refractivity contribution in [2.24, 2.45) is 5.92 Å². The molecule has 21 heavy (non-hydrogen) atoms. The highest BCUT2D eigenvalue weighted by molar-refractivity contribution is 5.98. The minimum Gasteiger partial charge on any atom is -0.326 e. The smallest absolute Gasteiger partial charge is 0.228 e. The van der Waals surface area contributed by atoms with Crippen molar-refractivity contribution < 1.29 is 9.59 Å². The molecule has 2 atom stereocenters. The first-order valence-corrected chi connectivity index (χ1v) is 7.12. The molecule has 2 aromatic rings. The molecule has 3 nitrogen and oxygen atoms in total. The number of hydrogen-bond acceptors (Lipinski definition) is 2. The Hall–Kier alpha value is -2.42. The number of nitrogens with one attached hydrogen (secondary N) is 1. The van der Waals surface area contributed by atoms with Crippen LogP contribution in [-0.2, 0) is 4.79 Å². The van der Waals surface area contributed by atoms with Gasteiger partial charge in [-0.2, -0.15) is 0 Å². The molecule has 3 heteroatoms. The molecule has 0 aliphatic heterocycles. The van der Waals surface area contributed by atoms with Crippen LogP contribution in [0.4, 0.5) is 5.69 Å². The number of carbonyl (C=O) groups excluding carboxylic acids is 2. The van der Waals surface area contributed by atoms with Crippen LogP contribution in [-0.4, -0.2) is 11.7 Å². The first-order valence-electron chi connectivity index (χ1n) is 7.12. The van der Waals surface area contributed by atoms with Gasteiger partial charge < -0.3 is 5.32 Å². The molecule has 0 spiro atoms. The van der Waals surface area contributed by atoms with E-state index in [0.717, 1.165) is 6.42 Å². The molecule has 106 valence electrons. The predicted octanol–water partition coefficient (Wildman–Crippen LogP) is 3.63. The molecule has 1 aliphatic carbocycles. The van der Waals surface area contributed by atoms with E-state index >= 15 is 0 Å². The summed E-state index contributed by atoms with van der Waals surface area (Å²) < 4.78 is 0. The third kappa shape index (κ3) is 3.02. The van der Waals surface area contributed by atoms with E-state index < -0.39 is 0 Å². The summed E-state index contributed by atoms with van der Waals surface area (Å²) in [7, 11) is 0. The Kier molecular flexibility index (Phi) is 3.57. The van der Waals surface area contributed by atoms with Gasteiger partial charge in [0.2, 0.25) is 5.91 Å². The molecule has 0 heterocycles. The van der Waals surface area contributed by atoms with Gasteiger partial charge in [-0.1, -0.05) is 42.5 Å². The Bertz CT molecular complexity index is 679. The highest BCUT2D eigenvalue weighted by Crippen LogP contribution is 2.47. The van der Waals surface area contributed by atoms with Crippen LogP contribution in [0.15, 0.2) is 54.6 Å². The zero-order valence-corrected chi connectivity index (χ0v) is 11.9. The molecular weight excluding hydrogens is 262 g/mol. The zero-order valence-electron chi connectivity index (χ0n) is 11.9. The van der Waals surface area contributed by atoms with Gasteiger partial charge in [-0.05, 0) is 37.0 Å². The van der Waals surface area contributed by atoms with E-state index in [-0.39, 0.29) is 17.6 Å². The molecule has 0 bridgehead atoms. The number of Topliss-reactive ketones (excluding diaryl/α,β-unsaturated/α-hetero) is 1. The van der Waals surface area contributed by atoms with Crippen molar-refractivity contribution in [3.63, 3.8) is 0 Å². The molecule has 0 unspecified atom stereocenters. The average Bonchev–Trinajstić information content (AvgIpc) is 3.29. The number of ketones is 1.